The molecule has 1 saturated carbocycles. The molecule has 2 aliphatic rings. The quantitative estimate of drug-likeness (QED) is 0.400. The minimum Gasteiger partial charge on any atom is -0.457 e. The summed E-state index contributed by atoms with van der Waals surface area (Å²) in [6.45, 7) is 6.81. The Morgan fingerprint density at radius 2 is 1.79 bits per heavy atom. The Morgan fingerprint density at radius 3 is 2.53 bits per heavy atom. The molecule has 2 aromatic carbocycles. The first-order valence-corrected chi connectivity index (χ1v) is 13.4. The standard InChI is InChI=1S/C31H36N4O3/c1-31(2,3)24-13-19(18-32)12-23(14-24)30(37)34-25-8-6-20-7-9-26(16-22(20)15-25)38-27-10-11-33-28(17-27)35-29(36)21-4-5-21/h7,9-14,16-17,21,25H,4-6,8,15,18,32H2,1-3H3,(H,34,37)(H,33,35,36). The molecule has 0 spiro atoms. The maximum Gasteiger partial charge on any atom is 0.251 e. The summed E-state index contributed by atoms with van der Waals surface area (Å²) >= 11 is 0. The number of hydrogen-bond acceptors (Lipinski definition) is 5. The van der Waals surface area contributed by atoms with Crippen molar-refractivity contribution in [1.82, 2.24) is 10.3 Å². The summed E-state index contributed by atoms with van der Waals surface area (Å²) in [5.74, 6) is 1.88. The summed E-state index contributed by atoms with van der Waals surface area (Å²) < 4.78 is 6.11. The predicted molar refractivity (Wildman–Crippen MR) is 148 cm³/mol. The summed E-state index contributed by atoms with van der Waals surface area (Å²) in [5, 5.41) is 6.10. The number of nitrogens with zero attached hydrogens (tertiary/aromatic N) is 1. The molecular formula is C31H36N4O3. The molecule has 2 aliphatic carbocycles. The van der Waals surface area contributed by atoms with Crippen LogP contribution in [0.1, 0.15) is 72.6 Å². The van der Waals surface area contributed by atoms with E-state index >= 15 is 0 Å². The van der Waals surface area contributed by atoms with E-state index in [9.17, 15) is 9.59 Å². The fourth-order valence-corrected chi connectivity index (χ4v) is 4.82. The molecule has 0 aliphatic heterocycles. The van der Waals surface area contributed by atoms with Gasteiger partial charge in [0.1, 0.15) is 17.3 Å². The zero-order valence-electron chi connectivity index (χ0n) is 22.3. The van der Waals surface area contributed by atoms with Crippen molar-refractivity contribution in [2.24, 2.45) is 11.7 Å². The van der Waals surface area contributed by atoms with Crippen molar-refractivity contribution < 1.29 is 14.3 Å². The monoisotopic (exact) mass is 512 g/mol. The summed E-state index contributed by atoms with van der Waals surface area (Å²) in [6.07, 6.45) is 6.03. The molecule has 1 aromatic heterocycles. The Kier molecular flexibility index (Phi) is 7.21. The highest BCUT2D eigenvalue weighted by Crippen LogP contribution is 2.32. The normalized spacial score (nSPS) is 16.9. The molecule has 38 heavy (non-hydrogen) atoms. The molecule has 5 rings (SSSR count). The molecular weight excluding hydrogens is 476 g/mol. The Hall–Kier alpha value is -3.71. The molecule has 198 valence electrons. The number of nitrogens with one attached hydrogen (secondary N) is 2. The van der Waals surface area contributed by atoms with Gasteiger partial charge in [-0.05, 0) is 90.1 Å². The summed E-state index contributed by atoms with van der Waals surface area (Å²) in [5.41, 5.74) is 11.0. The van der Waals surface area contributed by atoms with Crippen molar-refractivity contribution in [3.8, 4) is 11.5 Å². The second-order valence-corrected chi connectivity index (χ2v) is 11.5. The van der Waals surface area contributed by atoms with Crippen LogP contribution in [-0.4, -0.2) is 22.8 Å². The number of benzene rings is 2. The van der Waals surface area contributed by atoms with Crippen molar-refractivity contribution in [2.45, 2.75) is 70.9 Å². The van der Waals surface area contributed by atoms with E-state index in [0.29, 0.717) is 29.4 Å². The molecule has 3 aromatic rings. The van der Waals surface area contributed by atoms with Crippen LogP contribution in [0.15, 0.2) is 54.7 Å². The van der Waals surface area contributed by atoms with Crippen LogP contribution in [0.2, 0.25) is 0 Å². The number of fused-ring (bicyclic) bond motifs is 1. The highest BCUT2D eigenvalue weighted by Gasteiger charge is 2.30. The number of amides is 2. The lowest BCUT2D eigenvalue weighted by atomic mass is 9.84. The van der Waals surface area contributed by atoms with Crippen LogP contribution >= 0.6 is 0 Å². The third-order valence-corrected chi connectivity index (χ3v) is 7.26. The zero-order chi connectivity index (χ0) is 26.9. The van der Waals surface area contributed by atoms with E-state index in [2.05, 4.69) is 48.5 Å². The third-order valence-electron chi connectivity index (χ3n) is 7.26. The Bertz CT molecular complexity index is 1360. The molecule has 2 amide bonds. The van der Waals surface area contributed by atoms with Crippen LogP contribution in [0, 0.1) is 5.92 Å². The van der Waals surface area contributed by atoms with Gasteiger partial charge in [-0.3, -0.25) is 9.59 Å². The molecule has 0 saturated heterocycles. The van der Waals surface area contributed by atoms with Crippen molar-refractivity contribution in [3.63, 3.8) is 0 Å². The van der Waals surface area contributed by atoms with E-state index in [4.69, 9.17) is 10.5 Å². The molecule has 1 unspecified atom stereocenters. The van der Waals surface area contributed by atoms with Gasteiger partial charge < -0.3 is 21.1 Å². The lowest BCUT2D eigenvalue weighted by Crippen LogP contribution is -2.39. The summed E-state index contributed by atoms with van der Waals surface area (Å²) in [4.78, 5) is 29.5. The molecule has 1 atom stereocenters. The van der Waals surface area contributed by atoms with Gasteiger partial charge in [0, 0.05) is 36.3 Å². The van der Waals surface area contributed by atoms with Crippen LogP contribution in [-0.2, 0) is 29.6 Å². The largest absolute Gasteiger partial charge is 0.457 e. The second kappa shape index (κ2) is 10.6. The number of aryl methyl sites for hydroxylation is 1. The maximum absolute atomic E-state index is 13.2. The van der Waals surface area contributed by atoms with Gasteiger partial charge in [-0.1, -0.05) is 32.9 Å². The minimum atomic E-state index is -0.0707. The second-order valence-electron chi connectivity index (χ2n) is 11.5. The Morgan fingerprint density at radius 1 is 1.00 bits per heavy atom. The van der Waals surface area contributed by atoms with Crippen molar-refractivity contribution >= 4 is 17.6 Å². The van der Waals surface area contributed by atoms with Gasteiger partial charge in [0.2, 0.25) is 5.91 Å². The number of carbonyl (C=O) groups excluding carboxylic acids is 2. The maximum atomic E-state index is 13.2. The zero-order valence-corrected chi connectivity index (χ0v) is 22.3. The van der Waals surface area contributed by atoms with Crippen molar-refractivity contribution in [2.75, 3.05) is 5.32 Å². The average molecular weight is 513 g/mol. The number of hydrogen-bond donors (Lipinski definition) is 3. The van der Waals surface area contributed by atoms with Crippen LogP contribution in [0.5, 0.6) is 11.5 Å². The lowest BCUT2D eigenvalue weighted by Gasteiger charge is -2.26. The van der Waals surface area contributed by atoms with Gasteiger partial charge in [-0.25, -0.2) is 4.98 Å². The van der Waals surface area contributed by atoms with E-state index in [-0.39, 0.29) is 29.2 Å². The van der Waals surface area contributed by atoms with Crippen LogP contribution in [0.25, 0.3) is 0 Å². The van der Waals surface area contributed by atoms with Gasteiger partial charge >= 0.3 is 0 Å². The number of anilines is 1. The highest BCUT2D eigenvalue weighted by molar-refractivity contribution is 5.95. The molecule has 7 heteroatoms. The smallest absolute Gasteiger partial charge is 0.251 e. The topological polar surface area (TPSA) is 106 Å². The number of pyridine rings is 1. The van der Waals surface area contributed by atoms with Crippen LogP contribution < -0.4 is 21.1 Å². The number of ether oxygens (including phenoxy) is 1. The first-order chi connectivity index (χ1) is 18.2. The molecule has 4 N–H and O–H groups in total. The summed E-state index contributed by atoms with van der Waals surface area (Å²) in [6, 6.07) is 15.6. The fourth-order valence-electron chi connectivity index (χ4n) is 4.82. The number of aromatic nitrogens is 1. The van der Waals surface area contributed by atoms with Crippen LogP contribution in [0.4, 0.5) is 5.82 Å². The number of rotatable bonds is 7. The fraction of sp³-hybridized carbons (Fsp3) is 0.387. The van der Waals surface area contributed by atoms with E-state index < -0.39 is 0 Å². The van der Waals surface area contributed by atoms with Gasteiger partial charge in [-0.15, -0.1) is 0 Å². The SMILES string of the molecule is CC(C)(C)c1cc(CN)cc(C(=O)NC2CCc3ccc(Oc4ccnc(NC(=O)C5CC5)c4)cc3C2)c1. The van der Waals surface area contributed by atoms with Crippen LogP contribution in [0.3, 0.4) is 0 Å². The number of carbonyl (C=O) groups is 2. The molecule has 1 fully saturated rings. The van der Waals surface area contributed by atoms with E-state index in [1.165, 1.54) is 11.1 Å². The van der Waals surface area contributed by atoms with Crippen molar-refractivity contribution in [1.29, 1.82) is 0 Å². The minimum absolute atomic E-state index is 0.0147. The number of nitrogens with two attached hydrogens (primary N) is 1. The van der Waals surface area contributed by atoms with Gasteiger partial charge in [-0.2, -0.15) is 0 Å². The highest BCUT2D eigenvalue weighted by atomic mass is 16.5. The molecule has 0 bridgehead atoms. The first kappa shape index (κ1) is 25.9. The van der Waals surface area contributed by atoms with E-state index in [1.807, 2.05) is 24.3 Å². The summed E-state index contributed by atoms with van der Waals surface area (Å²) in [7, 11) is 0. The lowest BCUT2D eigenvalue weighted by molar-refractivity contribution is -0.117. The molecule has 0 radical (unpaired) electrons. The Labute approximate surface area is 224 Å². The van der Waals surface area contributed by atoms with E-state index in [1.54, 1.807) is 18.3 Å². The first-order valence-electron chi connectivity index (χ1n) is 13.4. The predicted octanol–water partition coefficient (Wildman–Crippen LogP) is 5.27. The Balaban J connectivity index is 1.26. The third kappa shape index (κ3) is 6.22. The van der Waals surface area contributed by atoms with Gasteiger partial charge in [0.05, 0.1) is 0 Å². The van der Waals surface area contributed by atoms with Gasteiger partial charge in [0.15, 0.2) is 0 Å². The average Bonchev–Trinajstić information content (AvgIpc) is 3.74. The van der Waals surface area contributed by atoms with Gasteiger partial charge in [0.25, 0.3) is 5.91 Å². The van der Waals surface area contributed by atoms with E-state index in [0.717, 1.165) is 43.2 Å². The molecule has 7 nitrogen and oxygen atoms in total. The molecule has 1 heterocycles. The van der Waals surface area contributed by atoms with Crippen molar-refractivity contribution in [3.05, 3.63) is 82.5 Å².